The number of amides is 4. The van der Waals surface area contributed by atoms with Crippen molar-refractivity contribution < 1.29 is 42.6 Å². The number of oxazole rings is 1. The number of phenols is 1. The van der Waals surface area contributed by atoms with Crippen molar-refractivity contribution in [1.82, 2.24) is 4.98 Å². The summed E-state index contributed by atoms with van der Waals surface area (Å²) >= 11 is 6.13. The van der Waals surface area contributed by atoms with Crippen molar-refractivity contribution >= 4 is 57.7 Å². The number of carbonyl (C=O) groups is 4. The summed E-state index contributed by atoms with van der Waals surface area (Å²) < 4.78 is 31.7. The molecule has 6 unspecified atom stereocenters. The Kier molecular flexibility index (Phi) is 7.91. The van der Waals surface area contributed by atoms with E-state index >= 15 is 0 Å². The summed E-state index contributed by atoms with van der Waals surface area (Å²) in [6.45, 7) is 1.70. The molecule has 2 saturated heterocycles. The molecule has 3 fully saturated rings. The molecule has 278 valence electrons. The summed E-state index contributed by atoms with van der Waals surface area (Å²) in [5, 5.41) is 10.3. The Labute approximate surface area is 318 Å². The molecule has 9 rings (SSSR count). The van der Waals surface area contributed by atoms with Crippen molar-refractivity contribution in [1.29, 1.82) is 0 Å². The maximum absolute atomic E-state index is 14.8. The molecule has 2 aliphatic carbocycles. The molecular formula is C42H33ClFN3O8. The number of fused-ring (bicyclic) bond motifs is 5. The number of hydrogen-bond acceptors (Lipinski definition) is 9. The highest BCUT2D eigenvalue weighted by atomic mass is 35.5. The lowest BCUT2D eigenvalue weighted by Crippen LogP contribution is -2.49. The number of anilines is 2. The van der Waals surface area contributed by atoms with Crippen LogP contribution in [0, 0.1) is 34.9 Å². The smallest absolute Gasteiger partial charge is 0.241 e. The standard InChI is InChI=1S/C42H33ClFN3O8/c1-42-27(39(50)47(41(42)52)22-12-15-29(44)28(43)16-22)19-26-24(36(42)35-32(53-2)17-23(48)18-33(35)54-3)13-14-25-34(26)40(51)46(38(25)49)21-10-8-20(9-11-21)37-45-30-6-4-5-7-31(30)55-37/h4-13,15-18,25-27,34,36,48H,14,19H2,1-3H3. The first-order valence-corrected chi connectivity index (χ1v) is 18.2. The second-order valence-electron chi connectivity index (χ2n) is 14.6. The predicted octanol–water partition coefficient (Wildman–Crippen LogP) is 7.45. The van der Waals surface area contributed by atoms with Crippen molar-refractivity contribution in [2.75, 3.05) is 24.0 Å². The van der Waals surface area contributed by atoms with E-state index in [1.807, 2.05) is 30.3 Å². The number of halogens is 2. The third kappa shape index (κ3) is 4.96. The van der Waals surface area contributed by atoms with Gasteiger partial charge < -0.3 is 19.0 Å². The Balaban J connectivity index is 1.14. The SMILES string of the molecule is COc1cc(O)cc(OC)c1C1C2=CCC3C(=O)N(c4ccc(-c5nc6ccccc6o5)cc4)C(=O)C3C2CC2C(=O)N(c3ccc(F)c(Cl)c3)C(=O)C21C. The number of para-hydroxylation sites is 2. The van der Waals surface area contributed by atoms with Crippen LogP contribution in [-0.4, -0.2) is 47.9 Å². The van der Waals surface area contributed by atoms with E-state index in [1.165, 1.54) is 43.4 Å². The summed E-state index contributed by atoms with van der Waals surface area (Å²) in [5.74, 6) is -5.97. The van der Waals surface area contributed by atoms with E-state index in [9.17, 15) is 28.7 Å². The molecule has 0 radical (unpaired) electrons. The number of benzene rings is 4. The van der Waals surface area contributed by atoms with Gasteiger partial charge in [-0.05, 0) is 80.3 Å². The van der Waals surface area contributed by atoms with Gasteiger partial charge in [-0.25, -0.2) is 14.3 Å². The van der Waals surface area contributed by atoms with Gasteiger partial charge in [-0.2, -0.15) is 0 Å². The van der Waals surface area contributed by atoms with Gasteiger partial charge >= 0.3 is 0 Å². The first kappa shape index (κ1) is 34.7. The molecule has 0 bridgehead atoms. The van der Waals surface area contributed by atoms with Gasteiger partial charge in [-0.3, -0.25) is 24.1 Å². The van der Waals surface area contributed by atoms with Crippen LogP contribution in [0.5, 0.6) is 17.2 Å². The van der Waals surface area contributed by atoms with Gasteiger partial charge in [-0.15, -0.1) is 0 Å². The number of hydrogen-bond donors (Lipinski definition) is 1. The molecule has 4 aromatic carbocycles. The molecule has 5 aromatic rings. The van der Waals surface area contributed by atoms with Crippen LogP contribution >= 0.6 is 11.6 Å². The van der Waals surface area contributed by atoms with Crippen molar-refractivity contribution in [2.24, 2.45) is 29.1 Å². The maximum Gasteiger partial charge on any atom is 0.241 e. The topological polar surface area (TPSA) is 139 Å². The van der Waals surface area contributed by atoms with Crippen molar-refractivity contribution in [2.45, 2.75) is 25.7 Å². The number of aromatic nitrogens is 1. The second-order valence-corrected chi connectivity index (χ2v) is 15.0. The van der Waals surface area contributed by atoms with E-state index in [1.54, 1.807) is 31.2 Å². The van der Waals surface area contributed by atoms with Crippen molar-refractivity contribution in [3.63, 3.8) is 0 Å². The number of phenolic OH excluding ortho intramolecular Hbond substituents is 1. The van der Waals surface area contributed by atoms with Crippen molar-refractivity contribution in [3.8, 4) is 28.7 Å². The number of methoxy groups -OCH3 is 2. The summed E-state index contributed by atoms with van der Waals surface area (Å²) in [6.07, 6.45) is 2.20. The fourth-order valence-electron chi connectivity index (χ4n) is 9.41. The van der Waals surface area contributed by atoms with E-state index in [0.29, 0.717) is 39.4 Å². The lowest BCUT2D eigenvalue weighted by molar-refractivity contribution is -0.131. The number of carbonyl (C=O) groups excluding carboxylic acids is 4. The summed E-state index contributed by atoms with van der Waals surface area (Å²) in [4.78, 5) is 65.0. The molecular weight excluding hydrogens is 729 g/mol. The van der Waals surface area contributed by atoms with Gasteiger partial charge in [0.1, 0.15) is 28.6 Å². The third-order valence-corrected chi connectivity index (χ3v) is 12.2. The average Bonchev–Trinajstić information content (AvgIpc) is 3.79. The van der Waals surface area contributed by atoms with Crippen LogP contribution < -0.4 is 19.3 Å². The Morgan fingerprint density at radius 3 is 2.24 bits per heavy atom. The van der Waals surface area contributed by atoms with Gasteiger partial charge in [0, 0.05) is 29.2 Å². The van der Waals surface area contributed by atoms with E-state index in [2.05, 4.69) is 4.98 Å². The summed E-state index contributed by atoms with van der Waals surface area (Å²) in [6, 6.07) is 20.7. The largest absolute Gasteiger partial charge is 0.508 e. The third-order valence-electron chi connectivity index (χ3n) is 11.9. The normalized spacial score (nSPS) is 25.9. The molecule has 1 aromatic heterocycles. The van der Waals surface area contributed by atoms with Crippen LogP contribution in [0.25, 0.3) is 22.6 Å². The quantitative estimate of drug-likeness (QED) is 0.138. The minimum atomic E-state index is -1.46. The molecule has 13 heteroatoms. The highest BCUT2D eigenvalue weighted by Crippen LogP contribution is 2.66. The molecule has 4 aliphatic rings. The second kappa shape index (κ2) is 12.5. The molecule has 4 amide bonds. The summed E-state index contributed by atoms with van der Waals surface area (Å²) in [7, 11) is 2.84. The predicted molar refractivity (Wildman–Crippen MR) is 199 cm³/mol. The number of aromatic hydroxyl groups is 1. The van der Waals surface area contributed by atoms with E-state index < -0.39 is 58.5 Å². The molecule has 1 N–H and O–H groups in total. The van der Waals surface area contributed by atoms with Crippen LogP contribution in [0.2, 0.25) is 5.02 Å². The van der Waals surface area contributed by atoms with Gasteiger partial charge in [0.05, 0.1) is 53.8 Å². The Bertz CT molecular complexity index is 2460. The highest BCUT2D eigenvalue weighted by molar-refractivity contribution is 6.32. The number of allylic oxidation sites excluding steroid dienone is 2. The van der Waals surface area contributed by atoms with E-state index in [4.69, 9.17) is 25.5 Å². The number of rotatable bonds is 6. The van der Waals surface area contributed by atoms with E-state index in [0.717, 1.165) is 11.0 Å². The zero-order valence-electron chi connectivity index (χ0n) is 29.8. The minimum absolute atomic E-state index is 0.0856. The monoisotopic (exact) mass is 761 g/mol. The first-order chi connectivity index (χ1) is 26.5. The molecule has 55 heavy (non-hydrogen) atoms. The molecule has 3 heterocycles. The summed E-state index contributed by atoms with van der Waals surface area (Å²) in [5.41, 5.74) is 2.14. The van der Waals surface area contributed by atoms with Gasteiger partial charge in [0.25, 0.3) is 0 Å². The zero-order chi connectivity index (χ0) is 38.5. The van der Waals surface area contributed by atoms with Gasteiger partial charge in [0.2, 0.25) is 29.5 Å². The lowest BCUT2D eigenvalue weighted by atomic mass is 9.51. The lowest BCUT2D eigenvalue weighted by Gasteiger charge is -2.49. The van der Waals surface area contributed by atoms with Crippen LogP contribution in [0.4, 0.5) is 15.8 Å². The molecule has 11 nitrogen and oxygen atoms in total. The van der Waals surface area contributed by atoms with Gasteiger partial charge in [-0.1, -0.05) is 35.4 Å². The molecule has 6 atom stereocenters. The van der Waals surface area contributed by atoms with Crippen LogP contribution in [0.3, 0.4) is 0 Å². The minimum Gasteiger partial charge on any atom is -0.508 e. The van der Waals surface area contributed by atoms with Crippen LogP contribution in [0.15, 0.2) is 94.9 Å². The molecule has 1 saturated carbocycles. The average molecular weight is 762 g/mol. The van der Waals surface area contributed by atoms with Crippen molar-refractivity contribution in [3.05, 3.63) is 107 Å². The van der Waals surface area contributed by atoms with Crippen LogP contribution in [0.1, 0.15) is 31.2 Å². The highest BCUT2D eigenvalue weighted by Gasteiger charge is 2.68. The fourth-order valence-corrected chi connectivity index (χ4v) is 9.58. The Morgan fingerprint density at radius 2 is 1.56 bits per heavy atom. The number of imide groups is 2. The molecule has 2 aliphatic heterocycles. The number of nitrogens with zero attached hydrogens (tertiary/aromatic N) is 3. The Hall–Kier alpha value is -6.01. The van der Waals surface area contributed by atoms with Crippen LogP contribution in [-0.2, 0) is 19.2 Å². The van der Waals surface area contributed by atoms with E-state index in [-0.39, 0.29) is 46.7 Å². The first-order valence-electron chi connectivity index (χ1n) is 17.8. The maximum atomic E-state index is 14.8. The zero-order valence-corrected chi connectivity index (χ0v) is 30.5. The Morgan fingerprint density at radius 1 is 0.873 bits per heavy atom. The fraction of sp³-hybridized carbons (Fsp3) is 0.262. The molecule has 0 spiro atoms. The van der Waals surface area contributed by atoms with Gasteiger partial charge in [0.15, 0.2) is 5.58 Å². The number of ether oxygens (including phenoxy) is 2.